The average molecular weight is 266 g/mol. The largest absolute Gasteiger partial charge is 0.362 e. The lowest BCUT2D eigenvalue weighted by Crippen LogP contribution is -2.11. The van der Waals surface area contributed by atoms with Crippen LogP contribution in [0.25, 0.3) is 0 Å². The molecule has 1 aromatic rings. The van der Waals surface area contributed by atoms with Crippen molar-refractivity contribution >= 4 is 26.0 Å². The summed E-state index contributed by atoms with van der Waals surface area (Å²) in [4.78, 5) is 3.76. The molecule has 1 rings (SSSR count). The van der Waals surface area contributed by atoms with Gasteiger partial charge >= 0.3 is 10.1 Å². The zero-order valence-corrected chi connectivity index (χ0v) is 9.30. The Kier molecular flexibility index (Phi) is 3.27. The second-order valence-corrected chi connectivity index (χ2v) is 5.02. The van der Waals surface area contributed by atoms with Crippen molar-refractivity contribution in [2.45, 2.75) is 6.92 Å². The molecule has 0 spiro atoms. The highest BCUT2D eigenvalue weighted by atomic mass is 79.9. The van der Waals surface area contributed by atoms with Crippen LogP contribution >= 0.6 is 15.9 Å². The maximum absolute atomic E-state index is 11.0. The van der Waals surface area contributed by atoms with Crippen LogP contribution in [0.2, 0.25) is 0 Å². The minimum absolute atomic E-state index is 0.0647. The number of hydrogen-bond acceptors (Lipinski definition) is 4. The first-order valence-electron chi connectivity index (χ1n) is 3.57. The quantitative estimate of drug-likeness (QED) is 0.779. The molecule has 0 saturated carbocycles. The van der Waals surface area contributed by atoms with Gasteiger partial charge in [-0.25, -0.2) is 4.98 Å². The summed E-state index contributed by atoms with van der Waals surface area (Å²) in [5.41, 5.74) is 0. The van der Waals surface area contributed by atoms with Gasteiger partial charge in [-0.15, -0.1) is 0 Å². The van der Waals surface area contributed by atoms with Gasteiger partial charge in [0.05, 0.1) is 5.75 Å². The lowest BCUT2D eigenvalue weighted by Gasteiger charge is -2.02. The predicted molar refractivity (Wildman–Crippen MR) is 52.0 cm³/mol. The van der Waals surface area contributed by atoms with E-state index in [0.717, 1.165) is 4.47 Å². The molecule has 0 radical (unpaired) electrons. The van der Waals surface area contributed by atoms with Gasteiger partial charge in [-0.2, -0.15) is 8.42 Å². The molecule has 0 saturated heterocycles. The zero-order chi connectivity index (χ0) is 9.90. The van der Waals surface area contributed by atoms with Crippen LogP contribution in [0.15, 0.2) is 22.8 Å². The third-order valence-corrected chi connectivity index (χ3v) is 2.87. The number of aromatic nitrogens is 1. The highest BCUT2D eigenvalue weighted by Gasteiger charge is 2.09. The molecule has 0 bridgehead atoms. The number of pyridine rings is 1. The second-order valence-electron chi connectivity index (χ2n) is 2.24. The SMILES string of the molecule is CCS(=O)(=O)Oc1ccc(Br)cn1. The van der Waals surface area contributed by atoms with E-state index in [1.54, 1.807) is 6.07 Å². The molecule has 0 atom stereocenters. The zero-order valence-electron chi connectivity index (χ0n) is 6.90. The van der Waals surface area contributed by atoms with E-state index in [-0.39, 0.29) is 11.6 Å². The van der Waals surface area contributed by atoms with E-state index in [9.17, 15) is 8.42 Å². The number of hydrogen-bond donors (Lipinski definition) is 0. The van der Waals surface area contributed by atoms with E-state index >= 15 is 0 Å². The summed E-state index contributed by atoms with van der Waals surface area (Å²) in [5, 5.41) is 0. The minimum Gasteiger partial charge on any atom is -0.362 e. The van der Waals surface area contributed by atoms with Crippen molar-refractivity contribution in [3.63, 3.8) is 0 Å². The Bertz CT molecular complexity index is 373. The lowest BCUT2D eigenvalue weighted by atomic mass is 10.5. The smallest absolute Gasteiger partial charge is 0.310 e. The summed E-state index contributed by atoms with van der Waals surface area (Å²) in [6.07, 6.45) is 1.47. The second kappa shape index (κ2) is 4.06. The average Bonchev–Trinajstić information content (AvgIpc) is 2.09. The van der Waals surface area contributed by atoms with E-state index < -0.39 is 10.1 Å². The highest BCUT2D eigenvalue weighted by molar-refractivity contribution is 9.10. The van der Waals surface area contributed by atoms with Gasteiger partial charge in [0.1, 0.15) is 0 Å². The molecule has 0 aliphatic carbocycles. The fourth-order valence-corrected chi connectivity index (χ4v) is 1.31. The molecule has 0 aliphatic heterocycles. The Labute approximate surface area is 85.2 Å². The van der Waals surface area contributed by atoms with E-state index in [4.69, 9.17) is 0 Å². The molecule has 0 aromatic carbocycles. The Morgan fingerprint density at radius 1 is 1.54 bits per heavy atom. The highest BCUT2D eigenvalue weighted by Crippen LogP contribution is 2.13. The van der Waals surface area contributed by atoms with Gasteiger partial charge in [0.2, 0.25) is 5.88 Å². The standard InChI is InChI=1S/C7H8BrNO3S/c1-2-13(10,11)12-7-4-3-6(8)5-9-7/h3-5H,2H2,1H3. The van der Waals surface area contributed by atoms with Gasteiger partial charge < -0.3 is 4.18 Å². The Hall–Kier alpha value is -0.620. The Morgan fingerprint density at radius 3 is 2.69 bits per heavy atom. The summed E-state index contributed by atoms with van der Waals surface area (Å²) >= 11 is 3.17. The molecule has 1 heterocycles. The third-order valence-electron chi connectivity index (χ3n) is 1.27. The van der Waals surface area contributed by atoms with Gasteiger partial charge in [0.25, 0.3) is 0 Å². The molecule has 72 valence electrons. The van der Waals surface area contributed by atoms with Gasteiger partial charge in [0, 0.05) is 16.7 Å². The van der Waals surface area contributed by atoms with Crippen LogP contribution in [0.1, 0.15) is 6.92 Å². The van der Waals surface area contributed by atoms with Crippen LogP contribution in [0.3, 0.4) is 0 Å². The van der Waals surface area contributed by atoms with Crippen molar-refractivity contribution in [1.29, 1.82) is 0 Å². The maximum Gasteiger partial charge on any atom is 0.310 e. The topological polar surface area (TPSA) is 56.3 Å². The fourth-order valence-electron chi connectivity index (χ4n) is 0.601. The molecule has 0 fully saturated rings. The Balaban J connectivity index is 2.82. The maximum atomic E-state index is 11.0. The van der Waals surface area contributed by atoms with E-state index in [0.29, 0.717) is 0 Å². The minimum atomic E-state index is -3.46. The van der Waals surface area contributed by atoms with Crippen LogP contribution in [0.5, 0.6) is 5.88 Å². The summed E-state index contributed by atoms with van der Waals surface area (Å²) in [5.74, 6) is 0.0233. The molecular formula is C7H8BrNO3S. The molecule has 0 N–H and O–H groups in total. The van der Waals surface area contributed by atoms with Crippen LogP contribution in [0, 0.1) is 0 Å². The number of halogens is 1. The van der Waals surface area contributed by atoms with Crippen LogP contribution < -0.4 is 4.18 Å². The first-order valence-corrected chi connectivity index (χ1v) is 5.94. The van der Waals surface area contributed by atoms with E-state index in [1.165, 1.54) is 19.2 Å². The van der Waals surface area contributed by atoms with Crippen molar-refractivity contribution in [1.82, 2.24) is 4.98 Å². The van der Waals surface area contributed by atoms with Gasteiger partial charge in [-0.1, -0.05) is 0 Å². The summed E-state index contributed by atoms with van der Waals surface area (Å²) in [6.45, 7) is 1.51. The third kappa shape index (κ3) is 3.31. The molecule has 0 aliphatic rings. The van der Waals surface area contributed by atoms with Crippen LogP contribution in [0.4, 0.5) is 0 Å². The van der Waals surface area contributed by atoms with Crippen molar-refractivity contribution in [3.05, 3.63) is 22.8 Å². The lowest BCUT2D eigenvalue weighted by molar-refractivity contribution is 0.477. The predicted octanol–water partition coefficient (Wildman–Crippen LogP) is 1.57. The number of rotatable bonds is 3. The van der Waals surface area contributed by atoms with Gasteiger partial charge in [0.15, 0.2) is 0 Å². The van der Waals surface area contributed by atoms with E-state index in [1.807, 2.05) is 0 Å². The number of nitrogens with zero attached hydrogens (tertiary/aromatic N) is 1. The van der Waals surface area contributed by atoms with Gasteiger partial charge in [-0.05, 0) is 28.9 Å². The van der Waals surface area contributed by atoms with Crippen molar-refractivity contribution < 1.29 is 12.6 Å². The van der Waals surface area contributed by atoms with E-state index in [2.05, 4.69) is 25.1 Å². The molecule has 4 nitrogen and oxygen atoms in total. The molecule has 6 heteroatoms. The molecule has 0 amide bonds. The summed E-state index contributed by atoms with van der Waals surface area (Å²) in [7, 11) is -3.46. The normalized spacial score (nSPS) is 11.2. The fraction of sp³-hybridized carbons (Fsp3) is 0.286. The molecule has 1 aromatic heterocycles. The summed E-state index contributed by atoms with van der Waals surface area (Å²) in [6, 6.07) is 3.14. The van der Waals surface area contributed by atoms with Crippen molar-refractivity contribution in [2.24, 2.45) is 0 Å². The van der Waals surface area contributed by atoms with Crippen LogP contribution in [-0.2, 0) is 10.1 Å². The van der Waals surface area contributed by atoms with Crippen molar-refractivity contribution in [3.8, 4) is 5.88 Å². The Morgan fingerprint density at radius 2 is 2.23 bits per heavy atom. The molecule has 0 unspecified atom stereocenters. The molecular weight excluding hydrogens is 258 g/mol. The first kappa shape index (κ1) is 10.5. The summed E-state index contributed by atoms with van der Waals surface area (Å²) < 4.78 is 27.4. The van der Waals surface area contributed by atoms with Gasteiger partial charge in [-0.3, -0.25) is 0 Å². The molecule has 13 heavy (non-hydrogen) atoms. The van der Waals surface area contributed by atoms with Crippen LogP contribution in [-0.4, -0.2) is 19.2 Å². The van der Waals surface area contributed by atoms with Crippen molar-refractivity contribution in [2.75, 3.05) is 5.75 Å². The monoisotopic (exact) mass is 265 g/mol. The first-order chi connectivity index (χ1) is 6.03.